The van der Waals surface area contributed by atoms with Gasteiger partial charge >= 0.3 is 0 Å². The summed E-state index contributed by atoms with van der Waals surface area (Å²) in [5, 5.41) is 20.4. The average Bonchev–Trinajstić information content (AvgIpc) is 3.24. The Bertz CT molecular complexity index is 954. The van der Waals surface area contributed by atoms with Gasteiger partial charge in [0.05, 0.1) is 17.2 Å². The molecule has 4 rings (SSSR count). The summed E-state index contributed by atoms with van der Waals surface area (Å²) < 4.78 is 3.54. The summed E-state index contributed by atoms with van der Waals surface area (Å²) in [5.41, 5.74) is 3.61. The minimum atomic E-state index is 0.587. The van der Waals surface area contributed by atoms with E-state index in [9.17, 15) is 0 Å². The lowest BCUT2D eigenvalue weighted by molar-refractivity contribution is 0.537. The van der Waals surface area contributed by atoms with Gasteiger partial charge in [0.15, 0.2) is 0 Å². The minimum Gasteiger partial charge on any atom is -0.252 e. The molecule has 0 saturated carbocycles. The van der Waals surface area contributed by atoms with Crippen LogP contribution in [0.15, 0.2) is 30.5 Å². The van der Waals surface area contributed by atoms with Crippen LogP contribution in [0, 0.1) is 0 Å². The maximum absolute atomic E-state index is 4.68. The zero-order chi connectivity index (χ0) is 15.6. The summed E-state index contributed by atoms with van der Waals surface area (Å²) in [6.45, 7) is 3.04. The van der Waals surface area contributed by atoms with Crippen LogP contribution in [0.1, 0.15) is 26.2 Å². The fraction of sp³-hybridized carbons (Fsp3) is 0.333. The van der Waals surface area contributed by atoms with Crippen molar-refractivity contribution in [1.29, 1.82) is 0 Å². The Morgan fingerprint density at radius 3 is 2.87 bits per heavy atom. The van der Waals surface area contributed by atoms with Gasteiger partial charge < -0.3 is 0 Å². The van der Waals surface area contributed by atoms with Crippen molar-refractivity contribution in [2.24, 2.45) is 0 Å². The van der Waals surface area contributed by atoms with E-state index in [4.69, 9.17) is 0 Å². The number of rotatable bonds is 5. The summed E-state index contributed by atoms with van der Waals surface area (Å²) >= 11 is 0. The van der Waals surface area contributed by atoms with Crippen LogP contribution in [0.2, 0.25) is 0 Å². The van der Waals surface area contributed by atoms with Crippen molar-refractivity contribution in [3.8, 4) is 11.4 Å². The lowest BCUT2D eigenvalue weighted by Gasteiger charge is -2.02. The van der Waals surface area contributed by atoms with Gasteiger partial charge in [0.25, 0.3) is 0 Å². The van der Waals surface area contributed by atoms with Crippen molar-refractivity contribution in [2.45, 2.75) is 32.7 Å². The molecule has 0 N–H and O–H groups in total. The van der Waals surface area contributed by atoms with Gasteiger partial charge in [-0.15, -0.1) is 10.2 Å². The summed E-state index contributed by atoms with van der Waals surface area (Å²) in [6.07, 6.45) is 5.36. The number of nitrogens with zero attached hydrogens (tertiary/aromatic N) is 8. The largest absolute Gasteiger partial charge is 0.252 e. The molecule has 0 saturated heterocycles. The smallest absolute Gasteiger partial charge is 0.207 e. The molecule has 3 aromatic heterocycles. The minimum absolute atomic E-state index is 0.587. The molecular formula is C15H16N8. The summed E-state index contributed by atoms with van der Waals surface area (Å²) in [4.78, 5) is 4.68. The van der Waals surface area contributed by atoms with Crippen molar-refractivity contribution in [2.75, 3.05) is 0 Å². The quantitative estimate of drug-likeness (QED) is 0.525. The first-order valence-corrected chi connectivity index (χ1v) is 7.74. The number of hydrogen-bond acceptors (Lipinski definition) is 6. The molecular weight excluding hydrogens is 292 g/mol. The highest BCUT2D eigenvalue weighted by atomic mass is 15.5. The zero-order valence-electron chi connectivity index (χ0n) is 12.8. The molecule has 3 heterocycles. The summed E-state index contributed by atoms with van der Waals surface area (Å²) in [6, 6.07) is 7.76. The first-order chi connectivity index (χ1) is 11.4. The monoisotopic (exact) mass is 308 g/mol. The van der Waals surface area contributed by atoms with Gasteiger partial charge in [0, 0.05) is 6.54 Å². The highest BCUT2D eigenvalue weighted by Crippen LogP contribution is 2.22. The third-order valence-corrected chi connectivity index (χ3v) is 3.80. The molecule has 1 aromatic carbocycles. The Morgan fingerprint density at radius 2 is 1.96 bits per heavy atom. The number of tetrazole rings is 1. The predicted octanol–water partition coefficient (Wildman–Crippen LogP) is 2.12. The second-order valence-electron chi connectivity index (χ2n) is 5.44. The van der Waals surface area contributed by atoms with Gasteiger partial charge in [-0.1, -0.05) is 37.1 Å². The van der Waals surface area contributed by atoms with Gasteiger partial charge in [0.2, 0.25) is 5.65 Å². The Hall–Kier alpha value is -2.90. The van der Waals surface area contributed by atoms with Crippen LogP contribution < -0.4 is 0 Å². The van der Waals surface area contributed by atoms with Gasteiger partial charge in [-0.05, 0) is 29.0 Å². The first-order valence-electron chi connectivity index (χ1n) is 7.74. The van der Waals surface area contributed by atoms with Crippen LogP contribution in [-0.4, -0.2) is 40.0 Å². The van der Waals surface area contributed by atoms with Gasteiger partial charge in [-0.25, -0.2) is 4.98 Å². The van der Waals surface area contributed by atoms with Crippen LogP contribution in [0.25, 0.3) is 28.1 Å². The van der Waals surface area contributed by atoms with Crippen LogP contribution in [-0.2, 0) is 6.54 Å². The summed E-state index contributed by atoms with van der Waals surface area (Å²) in [7, 11) is 0. The van der Waals surface area contributed by atoms with E-state index < -0.39 is 0 Å². The average molecular weight is 308 g/mol. The van der Waals surface area contributed by atoms with Crippen LogP contribution >= 0.6 is 0 Å². The van der Waals surface area contributed by atoms with Gasteiger partial charge in [-0.3, -0.25) is 4.68 Å². The van der Waals surface area contributed by atoms with E-state index in [0.29, 0.717) is 17.0 Å². The lowest BCUT2D eigenvalue weighted by atomic mass is 10.2. The Labute approximate surface area is 132 Å². The molecule has 0 aliphatic heterocycles. The molecule has 0 bridgehead atoms. The van der Waals surface area contributed by atoms with Gasteiger partial charge in [0.1, 0.15) is 11.4 Å². The number of unbranched alkanes of at least 4 members (excludes halogenated alkanes) is 2. The molecule has 0 fully saturated rings. The molecule has 4 aromatic rings. The molecule has 0 unspecified atom stereocenters. The maximum Gasteiger partial charge on any atom is 0.207 e. The maximum atomic E-state index is 4.68. The molecule has 0 radical (unpaired) electrons. The Morgan fingerprint density at radius 1 is 1.04 bits per heavy atom. The van der Waals surface area contributed by atoms with Crippen LogP contribution in [0.3, 0.4) is 0 Å². The van der Waals surface area contributed by atoms with Crippen LogP contribution in [0.5, 0.6) is 0 Å². The van der Waals surface area contributed by atoms with Crippen molar-refractivity contribution in [3.05, 3.63) is 30.5 Å². The highest BCUT2D eigenvalue weighted by molar-refractivity contribution is 5.83. The molecule has 8 nitrogen and oxygen atoms in total. The third-order valence-electron chi connectivity index (χ3n) is 3.80. The molecule has 0 atom stereocenters. The second-order valence-corrected chi connectivity index (χ2v) is 5.44. The Balaban J connectivity index is 1.79. The van der Waals surface area contributed by atoms with E-state index in [2.05, 4.69) is 37.7 Å². The predicted molar refractivity (Wildman–Crippen MR) is 84.6 cm³/mol. The number of benzene rings is 1. The number of aryl methyl sites for hydroxylation is 1. The normalized spacial score (nSPS) is 11.5. The van der Waals surface area contributed by atoms with E-state index >= 15 is 0 Å². The Kier molecular flexibility index (Phi) is 3.41. The molecule has 0 aliphatic carbocycles. The zero-order valence-corrected chi connectivity index (χ0v) is 12.8. The van der Waals surface area contributed by atoms with E-state index in [1.54, 1.807) is 4.52 Å². The fourth-order valence-electron chi connectivity index (χ4n) is 2.62. The standard InChI is InChI=1S/C15H16N8/c1-2-3-6-9-22-10-12(17-20-22)14-15-18-19-21-23(15)13-8-5-4-7-11(13)16-14/h4-5,7-8,10H,2-3,6,9H2,1H3. The molecule has 8 heteroatoms. The summed E-state index contributed by atoms with van der Waals surface area (Å²) in [5.74, 6) is 0. The van der Waals surface area contributed by atoms with Crippen molar-refractivity contribution < 1.29 is 0 Å². The van der Waals surface area contributed by atoms with Crippen LogP contribution in [0.4, 0.5) is 0 Å². The molecule has 0 aliphatic rings. The van der Waals surface area contributed by atoms with E-state index in [1.807, 2.05) is 35.1 Å². The van der Waals surface area contributed by atoms with Crippen molar-refractivity contribution in [1.82, 2.24) is 40.0 Å². The SMILES string of the molecule is CCCCCn1cc(-c2nc3ccccc3n3nnnc23)nn1. The van der Waals surface area contributed by atoms with E-state index in [-0.39, 0.29) is 0 Å². The first kappa shape index (κ1) is 13.7. The molecule has 23 heavy (non-hydrogen) atoms. The molecule has 0 spiro atoms. The lowest BCUT2D eigenvalue weighted by Crippen LogP contribution is -1.98. The highest BCUT2D eigenvalue weighted by Gasteiger charge is 2.15. The number of hydrogen-bond donors (Lipinski definition) is 0. The van der Waals surface area contributed by atoms with E-state index in [1.165, 1.54) is 12.8 Å². The molecule has 0 amide bonds. The van der Waals surface area contributed by atoms with Gasteiger partial charge in [-0.2, -0.15) is 4.52 Å². The number of para-hydroxylation sites is 2. The molecule has 116 valence electrons. The second kappa shape index (κ2) is 5.71. The third kappa shape index (κ3) is 2.41. The number of fused-ring (bicyclic) bond motifs is 3. The van der Waals surface area contributed by atoms with Crippen molar-refractivity contribution in [3.63, 3.8) is 0 Å². The van der Waals surface area contributed by atoms with Crippen molar-refractivity contribution >= 4 is 16.7 Å². The fourth-order valence-corrected chi connectivity index (χ4v) is 2.62. The number of aromatic nitrogens is 8. The van der Waals surface area contributed by atoms with E-state index in [0.717, 1.165) is 24.0 Å². The topological polar surface area (TPSA) is 86.7 Å².